The molecule has 2 N–H and O–H groups in total. The maximum Gasteiger partial charge on any atom is 0.211 e. The van der Waals surface area contributed by atoms with Crippen LogP contribution in [-0.2, 0) is 25.5 Å². The lowest BCUT2D eigenvalue weighted by Crippen LogP contribution is -2.49. The molecule has 2 aromatic carbocycles. The summed E-state index contributed by atoms with van der Waals surface area (Å²) >= 11 is 0. The highest BCUT2D eigenvalue weighted by molar-refractivity contribution is 5.98. The summed E-state index contributed by atoms with van der Waals surface area (Å²) in [6, 6.07) is 19.4. The molecule has 0 unspecified atom stereocenters. The largest absolute Gasteiger partial charge is 0.387 e. The number of morpholine rings is 1. The lowest BCUT2D eigenvalue weighted by Gasteiger charge is -2.36. The molecule has 7 heteroatoms. The number of ketones is 1. The van der Waals surface area contributed by atoms with Crippen molar-refractivity contribution in [1.82, 2.24) is 10.2 Å². The number of rotatable bonds is 7. The number of aliphatic hydroxyl groups is 1. The van der Waals surface area contributed by atoms with Crippen LogP contribution in [0.2, 0.25) is 0 Å². The fraction of sp³-hybridized carbons (Fsp3) is 0.375. The average molecular weight is 424 g/mol. The van der Waals surface area contributed by atoms with Gasteiger partial charge in [-0.3, -0.25) is 4.79 Å². The van der Waals surface area contributed by atoms with E-state index >= 15 is 0 Å². The molecular formula is C24H28N2O5. The molecule has 164 valence electrons. The number of nitrogens with zero attached hydrogens (tertiary/aromatic N) is 1. The molecule has 0 spiro atoms. The third-order valence-electron chi connectivity index (χ3n) is 5.36. The Balaban J connectivity index is 1.51. The molecule has 0 saturated carbocycles. The van der Waals surface area contributed by atoms with E-state index in [4.69, 9.17) is 14.2 Å². The van der Waals surface area contributed by atoms with Crippen LogP contribution in [0.1, 0.15) is 17.4 Å². The number of nitrogens with one attached hydrogen (secondary N) is 1. The van der Waals surface area contributed by atoms with Gasteiger partial charge in [-0.2, -0.15) is 0 Å². The van der Waals surface area contributed by atoms with Gasteiger partial charge in [0.25, 0.3) is 0 Å². The fourth-order valence-electron chi connectivity index (χ4n) is 3.69. The second kappa shape index (κ2) is 10.5. The second-order valence-corrected chi connectivity index (χ2v) is 7.56. The molecule has 0 aliphatic carbocycles. The van der Waals surface area contributed by atoms with Gasteiger partial charge in [0, 0.05) is 31.4 Å². The number of carbonyl (C=O) groups is 1. The predicted octanol–water partition coefficient (Wildman–Crippen LogP) is 1.99. The highest BCUT2D eigenvalue weighted by Crippen LogP contribution is 2.28. The van der Waals surface area contributed by atoms with E-state index in [0.717, 1.165) is 11.1 Å². The van der Waals surface area contributed by atoms with Crippen LogP contribution in [0.15, 0.2) is 72.6 Å². The number of Topliss-reactive ketones (excluding diaryl/α,β-unsaturated/α-hetero) is 1. The van der Waals surface area contributed by atoms with Crippen molar-refractivity contribution in [3.05, 3.63) is 83.7 Å². The standard InChI is InChI=1S/C24H28N2O5/c27-21-17-30-24(19-9-5-2-6-10-19)31-23(21)22(28)20(26-11-13-29-14-12-26)16-25-15-18-7-3-1-4-8-18/h1-10,16,21,23-25,27H,11-15,17H2/b20-16-/t21-,23-,24-/m1/s1. The molecule has 2 heterocycles. The summed E-state index contributed by atoms with van der Waals surface area (Å²) in [5.74, 6) is -0.265. The second-order valence-electron chi connectivity index (χ2n) is 7.56. The quantitative estimate of drug-likeness (QED) is 0.658. The molecule has 0 aromatic heterocycles. The molecule has 3 atom stereocenters. The minimum absolute atomic E-state index is 0.0316. The van der Waals surface area contributed by atoms with Crippen LogP contribution in [0.25, 0.3) is 0 Å². The first-order valence-electron chi connectivity index (χ1n) is 10.6. The van der Waals surface area contributed by atoms with E-state index < -0.39 is 18.5 Å². The lowest BCUT2D eigenvalue weighted by molar-refractivity contribution is -0.250. The van der Waals surface area contributed by atoms with Crippen molar-refractivity contribution < 1.29 is 24.1 Å². The highest BCUT2D eigenvalue weighted by atomic mass is 16.7. The van der Waals surface area contributed by atoms with Gasteiger partial charge in [0.1, 0.15) is 6.10 Å². The lowest BCUT2D eigenvalue weighted by atomic mass is 10.0. The van der Waals surface area contributed by atoms with Crippen molar-refractivity contribution in [3.8, 4) is 0 Å². The average Bonchev–Trinajstić information content (AvgIpc) is 2.83. The highest BCUT2D eigenvalue weighted by Gasteiger charge is 2.39. The topological polar surface area (TPSA) is 80.3 Å². The van der Waals surface area contributed by atoms with Gasteiger partial charge in [-0.05, 0) is 5.56 Å². The molecule has 0 bridgehead atoms. The van der Waals surface area contributed by atoms with Gasteiger partial charge in [-0.15, -0.1) is 0 Å². The SMILES string of the molecule is O=C(/C(=C/NCc1ccccc1)N1CCOCC1)[C@@H]1O[C@H](c2ccccc2)OC[C@H]1O. The maximum absolute atomic E-state index is 13.5. The molecule has 2 aromatic rings. The van der Waals surface area contributed by atoms with Crippen molar-refractivity contribution in [2.45, 2.75) is 25.0 Å². The summed E-state index contributed by atoms with van der Waals surface area (Å²) in [5, 5.41) is 13.7. The molecule has 0 amide bonds. The van der Waals surface area contributed by atoms with Gasteiger partial charge >= 0.3 is 0 Å². The Morgan fingerprint density at radius 1 is 1.06 bits per heavy atom. The number of benzene rings is 2. The van der Waals surface area contributed by atoms with Gasteiger partial charge < -0.3 is 29.5 Å². The Labute approximate surface area is 182 Å². The Bertz CT molecular complexity index is 868. The molecule has 7 nitrogen and oxygen atoms in total. The van der Waals surface area contributed by atoms with E-state index in [1.165, 1.54) is 0 Å². The van der Waals surface area contributed by atoms with Crippen LogP contribution >= 0.6 is 0 Å². The molecule has 2 aliphatic rings. The normalized spacial score (nSPS) is 24.6. The van der Waals surface area contributed by atoms with E-state index in [1.54, 1.807) is 6.20 Å². The number of hydrogen-bond donors (Lipinski definition) is 2. The number of carbonyl (C=O) groups excluding carboxylic acids is 1. The van der Waals surface area contributed by atoms with Crippen molar-refractivity contribution >= 4 is 5.78 Å². The summed E-state index contributed by atoms with van der Waals surface area (Å²) in [4.78, 5) is 15.5. The van der Waals surface area contributed by atoms with Gasteiger partial charge in [0.05, 0.1) is 25.5 Å². The Kier molecular flexibility index (Phi) is 7.32. The summed E-state index contributed by atoms with van der Waals surface area (Å²) < 4.78 is 17.0. The van der Waals surface area contributed by atoms with Crippen LogP contribution in [-0.4, -0.2) is 60.9 Å². The Morgan fingerprint density at radius 3 is 2.45 bits per heavy atom. The van der Waals surface area contributed by atoms with E-state index in [0.29, 0.717) is 38.5 Å². The molecule has 2 aliphatic heterocycles. The monoisotopic (exact) mass is 424 g/mol. The van der Waals surface area contributed by atoms with Gasteiger partial charge in [-0.25, -0.2) is 0 Å². The van der Waals surface area contributed by atoms with E-state index in [9.17, 15) is 9.90 Å². The number of hydrogen-bond acceptors (Lipinski definition) is 7. The first-order chi connectivity index (χ1) is 15.2. The van der Waals surface area contributed by atoms with Gasteiger partial charge in [0.15, 0.2) is 12.4 Å². The molecule has 0 radical (unpaired) electrons. The van der Waals surface area contributed by atoms with Crippen molar-refractivity contribution in [1.29, 1.82) is 0 Å². The summed E-state index contributed by atoms with van der Waals surface area (Å²) in [7, 11) is 0. The maximum atomic E-state index is 13.5. The van der Waals surface area contributed by atoms with Crippen LogP contribution in [0.5, 0.6) is 0 Å². The number of ether oxygens (including phenoxy) is 3. The minimum atomic E-state index is -1.04. The van der Waals surface area contributed by atoms with Crippen LogP contribution < -0.4 is 5.32 Å². The van der Waals surface area contributed by atoms with Crippen molar-refractivity contribution in [3.63, 3.8) is 0 Å². The smallest absolute Gasteiger partial charge is 0.211 e. The summed E-state index contributed by atoms with van der Waals surface area (Å²) in [5.41, 5.74) is 2.40. The van der Waals surface area contributed by atoms with Crippen LogP contribution in [0, 0.1) is 0 Å². The third kappa shape index (κ3) is 5.51. The van der Waals surface area contributed by atoms with E-state index in [2.05, 4.69) is 5.32 Å². The Hall–Kier alpha value is -2.71. The molecule has 2 fully saturated rings. The van der Waals surface area contributed by atoms with E-state index in [1.807, 2.05) is 65.6 Å². The predicted molar refractivity (Wildman–Crippen MR) is 115 cm³/mol. The Morgan fingerprint density at radius 2 is 1.74 bits per heavy atom. The van der Waals surface area contributed by atoms with Gasteiger partial charge in [-0.1, -0.05) is 60.7 Å². The fourth-order valence-corrected chi connectivity index (χ4v) is 3.69. The minimum Gasteiger partial charge on any atom is -0.387 e. The van der Waals surface area contributed by atoms with Crippen molar-refractivity contribution in [2.24, 2.45) is 0 Å². The van der Waals surface area contributed by atoms with E-state index in [-0.39, 0.29) is 12.4 Å². The van der Waals surface area contributed by atoms with Crippen molar-refractivity contribution in [2.75, 3.05) is 32.9 Å². The van der Waals surface area contributed by atoms with Gasteiger partial charge in [0.2, 0.25) is 5.78 Å². The summed E-state index contributed by atoms with van der Waals surface area (Å²) in [6.07, 6.45) is -1.01. The molecule has 31 heavy (non-hydrogen) atoms. The zero-order valence-electron chi connectivity index (χ0n) is 17.4. The van der Waals surface area contributed by atoms with Crippen LogP contribution in [0.4, 0.5) is 0 Å². The third-order valence-corrected chi connectivity index (χ3v) is 5.36. The molecular weight excluding hydrogens is 396 g/mol. The zero-order chi connectivity index (χ0) is 21.5. The zero-order valence-corrected chi connectivity index (χ0v) is 17.4. The first-order valence-corrected chi connectivity index (χ1v) is 10.6. The number of aliphatic hydroxyl groups excluding tert-OH is 1. The molecule has 2 saturated heterocycles. The van der Waals surface area contributed by atoms with Crippen LogP contribution in [0.3, 0.4) is 0 Å². The molecule has 4 rings (SSSR count). The first kappa shape index (κ1) is 21.5. The summed E-state index contributed by atoms with van der Waals surface area (Å²) in [6.45, 7) is 2.92.